The van der Waals surface area contributed by atoms with Gasteiger partial charge in [-0.1, -0.05) is 35.5 Å². The van der Waals surface area contributed by atoms with E-state index >= 15 is 0 Å². The Balaban J connectivity index is 1.43. The number of furan rings is 1. The zero-order chi connectivity index (χ0) is 20.3. The second kappa shape index (κ2) is 7.75. The fourth-order valence-electron chi connectivity index (χ4n) is 3.22. The molecule has 0 unspecified atom stereocenters. The van der Waals surface area contributed by atoms with E-state index in [2.05, 4.69) is 15.5 Å². The third-order valence-electron chi connectivity index (χ3n) is 4.70. The SMILES string of the molecule is O=C(N[C@H](Cc1ccccc1)c1nc(-c2ccc3c(c2)OCO3)no1)c1ccco1. The smallest absolute Gasteiger partial charge is 0.287 e. The van der Waals surface area contributed by atoms with Crippen molar-refractivity contribution in [1.29, 1.82) is 0 Å². The van der Waals surface area contributed by atoms with Crippen LogP contribution in [0.25, 0.3) is 11.4 Å². The average molecular weight is 403 g/mol. The quantitative estimate of drug-likeness (QED) is 0.523. The van der Waals surface area contributed by atoms with E-state index in [9.17, 15) is 4.79 Å². The number of aromatic nitrogens is 2. The van der Waals surface area contributed by atoms with E-state index in [-0.39, 0.29) is 18.5 Å². The molecule has 2 aromatic heterocycles. The molecule has 5 rings (SSSR count). The average Bonchev–Trinajstić information content (AvgIpc) is 3.55. The van der Waals surface area contributed by atoms with Gasteiger partial charge in [0.05, 0.1) is 6.26 Å². The van der Waals surface area contributed by atoms with Gasteiger partial charge in [0.2, 0.25) is 18.5 Å². The maximum atomic E-state index is 12.6. The van der Waals surface area contributed by atoms with Crippen molar-refractivity contribution >= 4 is 5.91 Å². The van der Waals surface area contributed by atoms with Crippen LogP contribution in [0.15, 0.2) is 75.9 Å². The molecular weight excluding hydrogens is 386 g/mol. The van der Waals surface area contributed by atoms with Crippen LogP contribution in [0.1, 0.15) is 28.1 Å². The van der Waals surface area contributed by atoms with Gasteiger partial charge >= 0.3 is 0 Å². The molecule has 150 valence electrons. The Hall–Kier alpha value is -4.07. The first-order chi connectivity index (χ1) is 14.8. The summed E-state index contributed by atoms with van der Waals surface area (Å²) in [6.07, 6.45) is 1.93. The van der Waals surface area contributed by atoms with Gasteiger partial charge in [0.15, 0.2) is 17.3 Å². The van der Waals surface area contributed by atoms with Gasteiger partial charge in [0.1, 0.15) is 6.04 Å². The van der Waals surface area contributed by atoms with Gasteiger partial charge in [-0.05, 0) is 35.9 Å². The molecule has 0 aliphatic carbocycles. The van der Waals surface area contributed by atoms with E-state index in [0.717, 1.165) is 11.1 Å². The third-order valence-corrected chi connectivity index (χ3v) is 4.70. The summed E-state index contributed by atoms with van der Waals surface area (Å²) < 4.78 is 21.5. The molecule has 30 heavy (non-hydrogen) atoms. The second-order valence-electron chi connectivity index (χ2n) is 6.72. The Morgan fingerprint density at radius 1 is 1.03 bits per heavy atom. The van der Waals surface area contributed by atoms with Crippen LogP contribution in [0.4, 0.5) is 0 Å². The van der Waals surface area contributed by atoms with Crippen molar-refractivity contribution in [3.63, 3.8) is 0 Å². The number of carbonyl (C=O) groups is 1. The van der Waals surface area contributed by atoms with Crippen LogP contribution < -0.4 is 14.8 Å². The lowest BCUT2D eigenvalue weighted by molar-refractivity contribution is 0.0900. The van der Waals surface area contributed by atoms with Crippen molar-refractivity contribution in [3.05, 3.63) is 84.1 Å². The van der Waals surface area contributed by atoms with E-state index in [1.807, 2.05) is 36.4 Å². The number of rotatable bonds is 6. The predicted molar refractivity (Wildman–Crippen MR) is 105 cm³/mol. The molecule has 1 aliphatic rings. The molecule has 0 radical (unpaired) electrons. The van der Waals surface area contributed by atoms with Crippen LogP contribution in [-0.2, 0) is 6.42 Å². The number of amides is 1. The number of nitrogens with one attached hydrogen (secondary N) is 1. The first kappa shape index (κ1) is 18.0. The molecule has 2 aromatic carbocycles. The third kappa shape index (κ3) is 3.62. The summed E-state index contributed by atoms with van der Waals surface area (Å²) in [5.74, 6) is 1.85. The summed E-state index contributed by atoms with van der Waals surface area (Å²) >= 11 is 0. The van der Waals surface area contributed by atoms with Crippen LogP contribution in [0.2, 0.25) is 0 Å². The van der Waals surface area contributed by atoms with Crippen LogP contribution in [0.5, 0.6) is 11.5 Å². The maximum Gasteiger partial charge on any atom is 0.287 e. The molecule has 1 N–H and O–H groups in total. The number of hydrogen-bond donors (Lipinski definition) is 1. The highest BCUT2D eigenvalue weighted by atomic mass is 16.7. The van der Waals surface area contributed by atoms with Gasteiger partial charge in [-0.25, -0.2) is 0 Å². The first-order valence-corrected chi connectivity index (χ1v) is 9.38. The Bertz CT molecular complexity index is 1150. The van der Waals surface area contributed by atoms with Crippen molar-refractivity contribution in [2.24, 2.45) is 0 Å². The largest absolute Gasteiger partial charge is 0.459 e. The minimum atomic E-state index is -0.528. The number of carbonyl (C=O) groups excluding carboxylic acids is 1. The Morgan fingerprint density at radius 3 is 2.73 bits per heavy atom. The summed E-state index contributed by atoms with van der Waals surface area (Å²) in [6.45, 7) is 0.189. The summed E-state index contributed by atoms with van der Waals surface area (Å²) in [6, 6.07) is 17.9. The van der Waals surface area contributed by atoms with Gasteiger partial charge in [0, 0.05) is 12.0 Å². The van der Waals surface area contributed by atoms with Crippen molar-refractivity contribution in [3.8, 4) is 22.9 Å². The minimum absolute atomic E-state index is 0.189. The topological polar surface area (TPSA) is 99.6 Å². The lowest BCUT2D eigenvalue weighted by atomic mass is 10.1. The summed E-state index contributed by atoms with van der Waals surface area (Å²) in [4.78, 5) is 17.1. The predicted octanol–water partition coefficient (Wildman–Crippen LogP) is 3.77. The lowest BCUT2D eigenvalue weighted by Gasteiger charge is -2.14. The van der Waals surface area contributed by atoms with Gasteiger partial charge in [0.25, 0.3) is 5.91 Å². The molecule has 0 fully saturated rings. The highest BCUT2D eigenvalue weighted by Gasteiger charge is 2.24. The summed E-state index contributed by atoms with van der Waals surface area (Å²) in [7, 11) is 0. The summed E-state index contributed by atoms with van der Waals surface area (Å²) in [5.41, 5.74) is 1.75. The maximum absolute atomic E-state index is 12.6. The molecule has 0 saturated carbocycles. The minimum Gasteiger partial charge on any atom is -0.459 e. The molecule has 3 heterocycles. The number of hydrogen-bond acceptors (Lipinski definition) is 7. The molecule has 8 heteroatoms. The normalized spacial score (nSPS) is 13.2. The van der Waals surface area contributed by atoms with Gasteiger partial charge in [-0.15, -0.1) is 0 Å². The highest BCUT2D eigenvalue weighted by Crippen LogP contribution is 2.35. The van der Waals surface area contributed by atoms with Gasteiger partial charge in [-0.2, -0.15) is 4.98 Å². The number of ether oxygens (including phenoxy) is 2. The first-order valence-electron chi connectivity index (χ1n) is 9.38. The molecule has 0 bridgehead atoms. The van der Waals surface area contributed by atoms with E-state index in [0.29, 0.717) is 29.6 Å². The molecule has 0 saturated heterocycles. The molecule has 4 aromatic rings. The van der Waals surface area contributed by atoms with E-state index in [4.69, 9.17) is 18.4 Å². The zero-order valence-corrected chi connectivity index (χ0v) is 15.8. The van der Waals surface area contributed by atoms with Crippen LogP contribution >= 0.6 is 0 Å². The number of fused-ring (bicyclic) bond motifs is 1. The fourth-order valence-corrected chi connectivity index (χ4v) is 3.22. The van der Waals surface area contributed by atoms with Crippen molar-refractivity contribution in [1.82, 2.24) is 15.5 Å². The summed E-state index contributed by atoms with van der Waals surface area (Å²) in [5, 5.41) is 7.00. The molecule has 1 aliphatic heterocycles. The van der Waals surface area contributed by atoms with E-state index in [1.54, 1.807) is 24.3 Å². The van der Waals surface area contributed by atoms with E-state index in [1.165, 1.54) is 6.26 Å². The van der Waals surface area contributed by atoms with Crippen molar-refractivity contribution in [2.75, 3.05) is 6.79 Å². The second-order valence-corrected chi connectivity index (χ2v) is 6.72. The Morgan fingerprint density at radius 2 is 1.90 bits per heavy atom. The number of nitrogens with zero attached hydrogens (tertiary/aromatic N) is 2. The molecule has 0 spiro atoms. The Labute approximate surface area is 171 Å². The monoisotopic (exact) mass is 403 g/mol. The van der Waals surface area contributed by atoms with Gasteiger partial charge < -0.3 is 23.7 Å². The highest BCUT2D eigenvalue weighted by molar-refractivity contribution is 5.91. The Kier molecular flexibility index (Phi) is 4.65. The molecular formula is C22H17N3O5. The van der Waals surface area contributed by atoms with Crippen LogP contribution in [0.3, 0.4) is 0 Å². The zero-order valence-electron chi connectivity index (χ0n) is 15.8. The molecule has 1 amide bonds. The molecule has 1 atom stereocenters. The fraction of sp³-hybridized carbons (Fsp3) is 0.136. The lowest BCUT2D eigenvalue weighted by Crippen LogP contribution is -2.30. The standard InChI is InChI=1S/C22H17N3O5/c26-21(18-7-4-10-27-18)23-16(11-14-5-2-1-3-6-14)22-24-20(25-30-22)15-8-9-17-19(12-15)29-13-28-17/h1-10,12,16H,11,13H2,(H,23,26)/t16-/m1/s1. The van der Waals surface area contributed by atoms with Crippen LogP contribution in [0, 0.1) is 0 Å². The van der Waals surface area contributed by atoms with Crippen molar-refractivity contribution < 1.29 is 23.2 Å². The van der Waals surface area contributed by atoms with E-state index < -0.39 is 6.04 Å². The number of benzene rings is 2. The van der Waals surface area contributed by atoms with Gasteiger partial charge in [-0.3, -0.25) is 4.79 Å². The molecule has 8 nitrogen and oxygen atoms in total. The van der Waals surface area contributed by atoms with Crippen molar-refractivity contribution in [2.45, 2.75) is 12.5 Å². The van der Waals surface area contributed by atoms with Crippen LogP contribution in [-0.4, -0.2) is 22.8 Å².